The van der Waals surface area contributed by atoms with Crippen LogP contribution in [0.15, 0.2) is 35.3 Å². The summed E-state index contributed by atoms with van der Waals surface area (Å²) < 4.78 is 0. The molecule has 7 rings (SSSR count). The first-order valence-electron chi connectivity index (χ1n) is 12.5. The van der Waals surface area contributed by atoms with Crippen molar-refractivity contribution >= 4 is 23.4 Å². The monoisotopic (exact) mass is 420 g/mol. The first-order chi connectivity index (χ1) is 14.6. The Balaban J connectivity index is 1.28. The zero-order valence-corrected chi connectivity index (χ0v) is 19.0. The van der Waals surface area contributed by atoms with Crippen LogP contribution in [0.3, 0.4) is 0 Å². The van der Waals surface area contributed by atoms with Gasteiger partial charge >= 0.3 is 0 Å². The number of rotatable bonds is 5. The minimum Gasteiger partial charge on any atom is -0.328 e. The average molecular weight is 421 g/mol. The van der Waals surface area contributed by atoms with Crippen molar-refractivity contribution in [3.05, 3.63) is 35.9 Å². The van der Waals surface area contributed by atoms with Crippen LogP contribution in [0, 0.1) is 35.0 Å². The van der Waals surface area contributed by atoms with Crippen LogP contribution in [0.5, 0.6) is 0 Å². The first-order valence-corrected chi connectivity index (χ1v) is 12.9. The molecule has 3 heteroatoms. The standard InChI is InChI=1S/C27H36N2S/c28-22-10-8-19(9-11-22)16-29-25(30)27-14-20-13-26(17-27,21-4-2-1-3-5-21)15-24(27)23(20)12-18-6-7-18/h1-5,16,18-20,22-24H,6-15,17,28H2/b29-16+. The SMILES string of the molecule is NC1CCC(/C=N/C(=S)C23CC4CC(c5ccccc5)(CC2C4CC2CC2)C3)CC1. The van der Waals surface area contributed by atoms with Gasteiger partial charge < -0.3 is 5.73 Å². The molecular weight excluding hydrogens is 384 g/mol. The van der Waals surface area contributed by atoms with E-state index in [1.165, 1.54) is 57.8 Å². The van der Waals surface area contributed by atoms with E-state index < -0.39 is 0 Å². The zero-order valence-electron chi connectivity index (χ0n) is 18.1. The Morgan fingerprint density at radius 1 is 1.03 bits per heavy atom. The van der Waals surface area contributed by atoms with Gasteiger partial charge in [-0.15, -0.1) is 0 Å². The van der Waals surface area contributed by atoms with E-state index in [1.807, 2.05) is 0 Å². The molecule has 0 aliphatic heterocycles. The van der Waals surface area contributed by atoms with Gasteiger partial charge in [0.2, 0.25) is 0 Å². The molecule has 30 heavy (non-hydrogen) atoms. The average Bonchev–Trinajstić information content (AvgIpc) is 3.52. The summed E-state index contributed by atoms with van der Waals surface area (Å²) >= 11 is 6.17. The number of nitrogens with zero attached hydrogens (tertiary/aromatic N) is 1. The van der Waals surface area contributed by atoms with E-state index in [0.29, 0.717) is 17.4 Å². The van der Waals surface area contributed by atoms with E-state index in [0.717, 1.165) is 41.5 Å². The van der Waals surface area contributed by atoms with Crippen LogP contribution in [-0.4, -0.2) is 17.2 Å². The number of benzene rings is 1. The van der Waals surface area contributed by atoms with Crippen LogP contribution < -0.4 is 5.73 Å². The third-order valence-corrected chi connectivity index (χ3v) is 10.2. The largest absolute Gasteiger partial charge is 0.328 e. The Morgan fingerprint density at radius 3 is 2.53 bits per heavy atom. The second-order valence-electron chi connectivity index (χ2n) is 11.6. The van der Waals surface area contributed by atoms with Crippen LogP contribution in [0.2, 0.25) is 0 Å². The Bertz CT molecular complexity index is 838. The molecule has 2 nitrogen and oxygen atoms in total. The fraction of sp³-hybridized carbons (Fsp3) is 0.704. The zero-order chi connectivity index (χ0) is 20.3. The lowest BCUT2D eigenvalue weighted by Crippen LogP contribution is -2.37. The molecule has 0 radical (unpaired) electrons. The predicted molar refractivity (Wildman–Crippen MR) is 128 cm³/mol. The summed E-state index contributed by atoms with van der Waals surface area (Å²) in [5.41, 5.74) is 8.21. The maximum absolute atomic E-state index is 6.17. The van der Waals surface area contributed by atoms with E-state index >= 15 is 0 Å². The number of aliphatic imine (C=N–C) groups is 1. The molecule has 0 heterocycles. The summed E-state index contributed by atoms with van der Waals surface area (Å²) in [6.07, 6.45) is 16.6. The first kappa shape index (κ1) is 19.6. The van der Waals surface area contributed by atoms with Gasteiger partial charge in [0.25, 0.3) is 0 Å². The molecule has 6 aliphatic rings. The minimum atomic E-state index is 0.190. The van der Waals surface area contributed by atoms with Crippen molar-refractivity contribution in [2.45, 2.75) is 82.1 Å². The molecule has 5 unspecified atom stereocenters. The molecule has 0 saturated heterocycles. The van der Waals surface area contributed by atoms with Crippen LogP contribution >= 0.6 is 12.2 Å². The van der Waals surface area contributed by atoms with Gasteiger partial charge in [0.05, 0.1) is 0 Å². The van der Waals surface area contributed by atoms with E-state index in [1.54, 1.807) is 5.56 Å². The summed E-state index contributed by atoms with van der Waals surface area (Å²) in [6.45, 7) is 0. The van der Waals surface area contributed by atoms with Crippen molar-refractivity contribution in [2.75, 3.05) is 0 Å². The highest BCUT2D eigenvalue weighted by molar-refractivity contribution is 7.80. The lowest BCUT2D eigenvalue weighted by Gasteiger charge is -2.43. The third kappa shape index (κ3) is 3.14. The Kier molecular flexibility index (Phi) is 4.73. The molecule has 160 valence electrons. The summed E-state index contributed by atoms with van der Waals surface area (Å²) in [5.74, 6) is 4.13. The Hall–Kier alpha value is -1.06. The van der Waals surface area contributed by atoms with Crippen molar-refractivity contribution in [1.82, 2.24) is 0 Å². The van der Waals surface area contributed by atoms with Gasteiger partial charge in [-0.1, -0.05) is 55.4 Å². The van der Waals surface area contributed by atoms with Crippen molar-refractivity contribution in [3.63, 3.8) is 0 Å². The summed E-state index contributed by atoms with van der Waals surface area (Å²) in [4.78, 5) is 6.12. The van der Waals surface area contributed by atoms with E-state index in [4.69, 9.17) is 22.9 Å². The van der Waals surface area contributed by atoms with Gasteiger partial charge in [-0.3, -0.25) is 4.99 Å². The topological polar surface area (TPSA) is 38.4 Å². The molecule has 6 aliphatic carbocycles. The molecule has 0 amide bonds. The highest BCUT2D eigenvalue weighted by Crippen LogP contribution is 2.74. The van der Waals surface area contributed by atoms with Gasteiger partial charge in [0, 0.05) is 17.7 Å². The second kappa shape index (κ2) is 7.24. The fourth-order valence-electron chi connectivity index (χ4n) is 8.18. The lowest BCUT2D eigenvalue weighted by atomic mass is 9.61. The van der Waals surface area contributed by atoms with Gasteiger partial charge in [0.15, 0.2) is 0 Å². The number of thiocarbonyl (C=S) groups is 1. The quantitative estimate of drug-likeness (QED) is 0.463. The molecule has 0 aromatic heterocycles. The molecule has 6 fully saturated rings. The number of nitrogens with two attached hydrogens (primary N) is 1. The molecule has 2 N–H and O–H groups in total. The maximum Gasteiger partial charge on any atom is 0.109 e. The molecular formula is C27H36N2S. The highest BCUT2D eigenvalue weighted by atomic mass is 32.1. The molecule has 6 saturated carbocycles. The van der Waals surface area contributed by atoms with Gasteiger partial charge in [0.1, 0.15) is 4.99 Å². The molecule has 5 atom stereocenters. The van der Waals surface area contributed by atoms with E-state index in [-0.39, 0.29) is 5.41 Å². The predicted octanol–water partition coefficient (Wildman–Crippen LogP) is 6.08. The molecule has 1 aromatic carbocycles. The molecule has 1 aromatic rings. The molecule has 0 spiro atoms. The van der Waals surface area contributed by atoms with Crippen LogP contribution in [-0.2, 0) is 5.41 Å². The van der Waals surface area contributed by atoms with Crippen LogP contribution in [0.25, 0.3) is 0 Å². The summed E-state index contributed by atoms with van der Waals surface area (Å²) in [6, 6.07) is 11.8. The Morgan fingerprint density at radius 2 is 1.80 bits per heavy atom. The Labute approximate surface area is 187 Å². The van der Waals surface area contributed by atoms with Gasteiger partial charge in [-0.05, 0) is 98.4 Å². The molecule has 4 bridgehead atoms. The summed E-state index contributed by atoms with van der Waals surface area (Å²) in [7, 11) is 0. The van der Waals surface area contributed by atoms with Gasteiger partial charge in [-0.2, -0.15) is 0 Å². The highest BCUT2D eigenvalue weighted by Gasteiger charge is 2.69. The fourth-order valence-corrected chi connectivity index (χ4v) is 8.55. The number of hydrogen-bond acceptors (Lipinski definition) is 2. The van der Waals surface area contributed by atoms with Crippen molar-refractivity contribution < 1.29 is 0 Å². The smallest absolute Gasteiger partial charge is 0.109 e. The minimum absolute atomic E-state index is 0.190. The van der Waals surface area contributed by atoms with Gasteiger partial charge in [-0.25, -0.2) is 0 Å². The van der Waals surface area contributed by atoms with E-state index in [9.17, 15) is 0 Å². The van der Waals surface area contributed by atoms with Crippen molar-refractivity contribution in [2.24, 2.45) is 45.7 Å². The van der Waals surface area contributed by atoms with E-state index in [2.05, 4.69) is 36.5 Å². The third-order valence-electron chi connectivity index (χ3n) is 9.71. The normalized spacial score (nSPS) is 44.8. The van der Waals surface area contributed by atoms with Crippen molar-refractivity contribution in [1.29, 1.82) is 0 Å². The van der Waals surface area contributed by atoms with Crippen LogP contribution in [0.1, 0.15) is 76.2 Å². The lowest BCUT2D eigenvalue weighted by molar-refractivity contribution is 0.151. The summed E-state index contributed by atoms with van der Waals surface area (Å²) in [5, 5.41) is 0. The second-order valence-corrected chi connectivity index (χ2v) is 11.9. The maximum atomic E-state index is 6.17. The van der Waals surface area contributed by atoms with Crippen LogP contribution in [0.4, 0.5) is 0 Å². The number of hydrogen-bond donors (Lipinski definition) is 1. The van der Waals surface area contributed by atoms with Crippen molar-refractivity contribution in [3.8, 4) is 0 Å².